The molecule has 13 rings (SSSR count). The lowest BCUT2D eigenvalue weighted by Crippen LogP contribution is -2.33. The third-order valence-corrected chi connectivity index (χ3v) is 14.9. The highest BCUT2D eigenvalue weighted by atomic mass is 15.1. The minimum absolute atomic E-state index is 0.230. The van der Waals surface area contributed by atoms with Crippen LogP contribution in [0.25, 0.3) is 55.5 Å². The molecule has 0 radical (unpaired) electrons. The summed E-state index contributed by atoms with van der Waals surface area (Å²) in [5.41, 5.74) is 21.1. The molecule has 3 heterocycles. The molecule has 3 heteroatoms. The molecule has 2 aliphatic heterocycles. The number of aryl methyl sites for hydroxylation is 1. The van der Waals surface area contributed by atoms with E-state index in [-0.39, 0.29) is 10.8 Å². The van der Waals surface area contributed by atoms with E-state index in [1.54, 1.807) is 0 Å². The SMILES string of the molecule is CC1(C)c2cccc3c2-n2c4c1cc(-c1ccc(N(c5ccccc5)c5ccccc5)cc1)cc4c1cc(N(c4ccc5c(c4)CCC=C5)c4ccc5ccccc5c4)cc(c12)C3(C)C. The highest BCUT2D eigenvalue weighted by Crippen LogP contribution is 2.57. The molecule has 0 saturated carbocycles. The molecular formula is C62H49N3. The summed E-state index contributed by atoms with van der Waals surface area (Å²) in [4.78, 5) is 4.85. The highest BCUT2D eigenvalue weighted by molar-refractivity contribution is 6.16. The van der Waals surface area contributed by atoms with Gasteiger partial charge < -0.3 is 14.4 Å². The summed E-state index contributed by atoms with van der Waals surface area (Å²) >= 11 is 0. The predicted molar refractivity (Wildman–Crippen MR) is 275 cm³/mol. The van der Waals surface area contributed by atoms with E-state index < -0.39 is 0 Å². The van der Waals surface area contributed by atoms with E-state index in [0.717, 1.165) is 35.6 Å². The van der Waals surface area contributed by atoms with Gasteiger partial charge in [0.15, 0.2) is 0 Å². The third kappa shape index (κ3) is 5.61. The molecule has 1 aromatic heterocycles. The summed E-state index contributed by atoms with van der Waals surface area (Å²) in [7, 11) is 0. The number of hydrogen-bond donors (Lipinski definition) is 0. The molecule has 312 valence electrons. The molecule has 0 amide bonds. The summed E-state index contributed by atoms with van der Waals surface area (Å²) in [5, 5.41) is 5.08. The van der Waals surface area contributed by atoms with E-state index in [0.29, 0.717) is 0 Å². The smallest absolute Gasteiger partial charge is 0.0583 e. The third-order valence-electron chi connectivity index (χ3n) is 14.9. The summed E-state index contributed by atoms with van der Waals surface area (Å²) in [6, 6.07) is 70.3. The van der Waals surface area contributed by atoms with Crippen LogP contribution in [0.3, 0.4) is 0 Å². The first-order chi connectivity index (χ1) is 31.7. The number of hydrogen-bond acceptors (Lipinski definition) is 2. The Morgan fingerprint density at radius 1 is 0.415 bits per heavy atom. The van der Waals surface area contributed by atoms with Crippen molar-refractivity contribution in [3.05, 3.63) is 228 Å². The van der Waals surface area contributed by atoms with Crippen molar-refractivity contribution >= 4 is 72.8 Å². The van der Waals surface area contributed by atoms with Gasteiger partial charge in [0.1, 0.15) is 0 Å². The van der Waals surface area contributed by atoms with Crippen molar-refractivity contribution in [2.75, 3.05) is 9.80 Å². The lowest BCUT2D eigenvalue weighted by Gasteiger charge is -2.42. The fourth-order valence-corrected chi connectivity index (χ4v) is 11.5. The van der Waals surface area contributed by atoms with Gasteiger partial charge in [0, 0.05) is 55.7 Å². The molecular weight excluding hydrogens is 787 g/mol. The summed E-state index contributed by atoms with van der Waals surface area (Å²) in [6.07, 6.45) is 6.71. The van der Waals surface area contributed by atoms with Crippen molar-refractivity contribution in [2.45, 2.75) is 51.4 Å². The minimum atomic E-state index is -0.255. The molecule has 0 fully saturated rings. The van der Waals surface area contributed by atoms with E-state index in [2.05, 4.69) is 242 Å². The van der Waals surface area contributed by atoms with Crippen molar-refractivity contribution < 1.29 is 0 Å². The maximum atomic E-state index is 2.65. The van der Waals surface area contributed by atoms with Crippen LogP contribution in [0.2, 0.25) is 0 Å². The van der Waals surface area contributed by atoms with Crippen molar-refractivity contribution in [1.82, 2.24) is 4.57 Å². The van der Waals surface area contributed by atoms with Crippen LogP contribution in [0.5, 0.6) is 0 Å². The molecule has 0 unspecified atom stereocenters. The van der Waals surface area contributed by atoms with Crippen LogP contribution in [0.1, 0.15) is 67.5 Å². The maximum absolute atomic E-state index is 2.65. The zero-order valence-corrected chi connectivity index (χ0v) is 37.3. The Balaban J connectivity index is 1.06. The maximum Gasteiger partial charge on any atom is 0.0583 e. The fraction of sp³-hybridized carbons (Fsp3) is 0.129. The molecule has 0 atom stereocenters. The summed E-state index contributed by atoms with van der Waals surface area (Å²) in [5.74, 6) is 0. The van der Waals surface area contributed by atoms with Crippen LogP contribution < -0.4 is 9.80 Å². The highest BCUT2D eigenvalue weighted by Gasteiger charge is 2.44. The van der Waals surface area contributed by atoms with Gasteiger partial charge >= 0.3 is 0 Å². The molecule has 10 aromatic rings. The number of aromatic nitrogens is 1. The Kier molecular flexibility index (Phi) is 8.13. The lowest BCUT2D eigenvalue weighted by molar-refractivity contribution is 0.594. The van der Waals surface area contributed by atoms with Gasteiger partial charge in [-0.05, 0) is 153 Å². The predicted octanol–water partition coefficient (Wildman–Crippen LogP) is 16.8. The lowest BCUT2D eigenvalue weighted by atomic mass is 9.68. The Labute approximate surface area is 381 Å². The number of para-hydroxylation sites is 3. The van der Waals surface area contributed by atoms with Crippen molar-refractivity contribution in [2.24, 2.45) is 0 Å². The zero-order valence-electron chi connectivity index (χ0n) is 37.3. The summed E-state index contributed by atoms with van der Waals surface area (Å²) < 4.78 is 2.65. The Morgan fingerprint density at radius 2 is 0.985 bits per heavy atom. The first-order valence-corrected chi connectivity index (χ1v) is 23.1. The molecule has 0 N–H and O–H groups in total. The van der Waals surface area contributed by atoms with Gasteiger partial charge in [-0.3, -0.25) is 0 Å². The van der Waals surface area contributed by atoms with Gasteiger partial charge in [-0.1, -0.05) is 143 Å². The Morgan fingerprint density at radius 3 is 1.69 bits per heavy atom. The van der Waals surface area contributed by atoms with E-state index in [4.69, 9.17) is 0 Å². The molecule has 3 nitrogen and oxygen atoms in total. The monoisotopic (exact) mass is 835 g/mol. The van der Waals surface area contributed by atoms with Gasteiger partial charge in [-0.2, -0.15) is 0 Å². The number of nitrogens with zero attached hydrogens (tertiary/aromatic N) is 3. The molecule has 0 spiro atoms. The van der Waals surface area contributed by atoms with Crippen LogP contribution in [0, 0.1) is 0 Å². The van der Waals surface area contributed by atoms with Gasteiger partial charge in [-0.25, -0.2) is 0 Å². The minimum Gasteiger partial charge on any atom is -0.311 e. The van der Waals surface area contributed by atoms with Crippen LogP contribution in [-0.2, 0) is 17.3 Å². The molecule has 65 heavy (non-hydrogen) atoms. The van der Waals surface area contributed by atoms with Gasteiger partial charge in [0.05, 0.1) is 16.7 Å². The number of rotatable bonds is 7. The number of benzene rings is 9. The van der Waals surface area contributed by atoms with Crippen LogP contribution in [0.15, 0.2) is 194 Å². The molecule has 0 bridgehead atoms. The zero-order chi connectivity index (χ0) is 43.6. The quantitative estimate of drug-likeness (QED) is 0.158. The molecule has 0 saturated heterocycles. The number of anilines is 6. The van der Waals surface area contributed by atoms with Gasteiger partial charge in [0.2, 0.25) is 0 Å². The average Bonchev–Trinajstić information content (AvgIpc) is 3.67. The number of allylic oxidation sites excluding steroid dienone is 1. The Hall–Kier alpha value is -7.62. The second-order valence-electron chi connectivity index (χ2n) is 19.3. The van der Waals surface area contributed by atoms with Crippen molar-refractivity contribution in [3.63, 3.8) is 0 Å². The summed E-state index contributed by atoms with van der Waals surface area (Å²) in [6.45, 7) is 9.75. The van der Waals surface area contributed by atoms with Crippen molar-refractivity contribution in [3.8, 4) is 16.8 Å². The van der Waals surface area contributed by atoms with E-state index in [1.165, 1.54) is 94.1 Å². The second kappa shape index (κ2) is 13.9. The van der Waals surface area contributed by atoms with E-state index >= 15 is 0 Å². The van der Waals surface area contributed by atoms with Gasteiger partial charge in [0.25, 0.3) is 0 Å². The van der Waals surface area contributed by atoms with Crippen molar-refractivity contribution in [1.29, 1.82) is 0 Å². The second-order valence-corrected chi connectivity index (χ2v) is 19.3. The van der Waals surface area contributed by atoms with E-state index in [9.17, 15) is 0 Å². The fourth-order valence-electron chi connectivity index (χ4n) is 11.5. The first-order valence-electron chi connectivity index (χ1n) is 23.1. The average molecular weight is 836 g/mol. The first kappa shape index (κ1) is 37.9. The molecule has 3 aliphatic rings. The van der Waals surface area contributed by atoms with Gasteiger partial charge in [-0.15, -0.1) is 0 Å². The molecule has 1 aliphatic carbocycles. The Bertz CT molecular complexity index is 3550. The number of fused-ring (bicyclic) bond motifs is 3. The largest absolute Gasteiger partial charge is 0.311 e. The topological polar surface area (TPSA) is 11.4 Å². The van der Waals surface area contributed by atoms with Crippen LogP contribution in [-0.4, -0.2) is 4.57 Å². The van der Waals surface area contributed by atoms with E-state index in [1.807, 2.05) is 0 Å². The van der Waals surface area contributed by atoms with Crippen LogP contribution >= 0.6 is 0 Å². The standard InChI is InChI=1S/C62H49N3/c1-61(2)54-24-15-25-55-60(54)65-58-52(36-45(37-56(58)61)42-26-30-48(31-27-42)63(46-20-7-5-8-21-46)47-22-9-6-10-23-47)53-38-51(39-57(59(53)65)62(55,3)4)64(49-32-28-40-16-11-13-18-43(40)34-49)50-33-29-41-17-12-14-19-44(41)35-50/h5-13,15-18,20-39H,14,19H2,1-4H3. The molecule has 9 aromatic carbocycles. The van der Waals surface area contributed by atoms with Crippen LogP contribution in [0.4, 0.5) is 34.1 Å². The normalized spacial score (nSPS) is 14.8.